The van der Waals surface area contributed by atoms with Crippen molar-refractivity contribution in [3.63, 3.8) is 0 Å². The average molecular weight is 665 g/mol. The molecule has 1 aromatic carbocycles. The summed E-state index contributed by atoms with van der Waals surface area (Å²) in [7, 11) is 0. The fourth-order valence-corrected chi connectivity index (χ4v) is 5.12. The van der Waals surface area contributed by atoms with Crippen molar-refractivity contribution in [1.29, 1.82) is 5.26 Å². The molecule has 0 spiro atoms. The van der Waals surface area contributed by atoms with Gasteiger partial charge < -0.3 is 10.1 Å². The lowest BCUT2D eigenvalue weighted by Crippen LogP contribution is -2.22. The Morgan fingerprint density at radius 1 is 1.06 bits per heavy atom. The van der Waals surface area contributed by atoms with Crippen LogP contribution in [0.25, 0.3) is 11.3 Å². The SMILES string of the molecule is C=C(C)/C(Cl)=C(/NC(C)c1cc(C#N)ccc1F)c1nc(C(/C=N\C(=C\CC)OCCCCCCCC)=C/C)c(F)cc1C(C)CC. The highest BCUT2D eigenvalue weighted by molar-refractivity contribution is 6.35. The highest BCUT2D eigenvalue weighted by Crippen LogP contribution is 2.34. The van der Waals surface area contributed by atoms with Gasteiger partial charge in [0, 0.05) is 17.4 Å². The molecule has 0 aliphatic rings. The minimum absolute atomic E-state index is 0.0708. The van der Waals surface area contributed by atoms with Crippen LogP contribution in [0, 0.1) is 23.0 Å². The number of unbranched alkanes of at least 4 members (excludes halogenated alkanes) is 5. The summed E-state index contributed by atoms with van der Waals surface area (Å²) in [6.07, 6.45) is 13.6. The Bertz CT molecular complexity index is 1520. The number of aliphatic imine (C=N–C) groups is 1. The maximum absolute atomic E-state index is 15.9. The van der Waals surface area contributed by atoms with E-state index in [4.69, 9.17) is 21.3 Å². The minimum Gasteiger partial charge on any atom is -0.478 e. The maximum Gasteiger partial charge on any atom is 0.209 e. The molecule has 47 heavy (non-hydrogen) atoms. The van der Waals surface area contributed by atoms with E-state index in [2.05, 4.69) is 29.9 Å². The summed E-state index contributed by atoms with van der Waals surface area (Å²) in [4.78, 5) is 9.45. The number of nitrogens with one attached hydrogen (secondary N) is 1. The van der Waals surface area contributed by atoms with E-state index in [1.807, 2.05) is 26.8 Å². The molecule has 1 N–H and O–H groups in total. The van der Waals surface area contributed by atoms with E-state index in [9.17, 15) is 9.65 Å². The van der Waals surface area contributed by atoms with E-state index >= 15 is 4.39 Å². The summed E-state index contributed by atoms with van der Waals surface area (Å²) in [6, 6.07) is 7.14. The number of benzene rings is 1. The first kappa shape index (κ1) is 39.4. The fraction of sp³-hybridized carbons (Fsp3) is 0.462. The van der Waals surface area contributed by atoms with Crippen molar-refractivity contribution in [3.05, 3.63) is 99.2 Å². The van der Waals surface area contributed by atoms with Crippen molar-refractivity contribution >= 4 is 29.1 Å². The highest BCUT2D eigenvalue weighted by atomic mass is 35.5. The lowest BCUT2D eigenvalue weighted by molar-refractivity contribution is 0.202. The van der Waals surface area contributed by atoms with E-state index in [-0.39, 0.29) is 22.2 Å². The number of pyridine rings is 1. The third-order valence-corrected chi connectivity index (χ3v) is 8.49. The monoisotopic (exact) mass is 664 g/mol. The summed E-state index contributed by atoms with van der Waals surface area (Å²) in [5.41, 5.74) is 3.22. The molecule has 0 radical (unpaired) electrons. The molecule has 0 amide bonds. The van der Waals surface area contributed by atoms with Gasteiger partial charge in [0.1, 0.15) is 17.3 Å². The molecule has 254 valence electrons. The molecule has 0 aliphatic carbocycles. The molecule has 0 bridgehead atoms. The van der Waals surface area contributed by atoms with Gasteiger partial charge >= 0.3 is 0 Å². The van der Waals surface area contributed by atoms with E-state index in [0.717, 1.165) is 25.7 Å². The van der Waals surface area contributed by atoms with Crippen LogP contribution >= 0.6 is 11.6 Å². The number of rotatable bonds is 19. The minimum atomic E-state index is -0.611. The van der Waals surface area contributed by atoms with Crippen LogP contribution in [0.15, 0.2) is 64.5 Å². The molecule has 0 saturated carbocycles. The Balaban J connectivity index is 2.56. The Morgan fingerprint density at radius 2 is 1.77 bits per heavy atom. The van der Waals surface area contributed by atoms with Crippen molar-refractivity contribution in [2.24, 2.45) is 4.99 Å². The van der Waals surface area contributed by atoms with Crippen LogP contribution in [0.4, 0.5) is 8.78 Å². The van der Waals surface area contributed by atoms with Gasteiger partial charge in [-0.2, -0.15) is 5.26 Å². The fourth-order valence-electron chi connectivity index (χ4n) is 4.98. The number of ether oxygens (including phenoxy) is 1. The smallest absolute Gasteiger partial charge is 0.209 e. The molecule has 1 aromatic heterocycles. The zero-order chi connectivity index (χ0) is 34.9. The first-order valence-corrected chi connectivity index (χ1v) is 17.2. The molecule has 0 fully saturated rings. The van der Waals surface area contributed by atoms with Gasteiger partial charge in [-0.1, -0.05) is 84.1 Å². The van der Waals surface area contributed by atoms with Gasteiger partial charge in [0.25, 0.3) is 0 Å². The topological polar surface area (TPSA) is 70.3 Å². The van der Waals surface area contributed by atoms with Crippen LogP contribution in [0.2, 0.25) is 0 Å². The lowest BCUT2D eigenvalue weighted by atomic mass is 9.93. The summed E-state index contributed by atoms with van der Waals surface area (Å²) in [5.74, 6) is -0.546. The third-order valence-electron chi connectivity index (χ3n) is 7.97. The number of allylic oxidation sites excluding steroid dienone is 5. The van der Waals surface area contributed by atoms with Crippen LogP contribution < -0.4 is 5.32 Å². The number of nitriles is 1. The molecule has 8 heteroatoms. The standard InChI is InChI=1S/C39H51ClF2N4O/c1-9-13-14-15-16-17-21-47-35(18-10-2)44-25-30(12-4)37-34(42)23-31(27(7)11-3)38(46-37)39(36(40)26(5)6)45-28(8)32-22-29(24-43)19-20-33(32)41/h12,18-20,22-23,25,27-28,45H,5,9-11,13-17,21H2,1-4,6-8H3/b30-12+,35-18-,39-36-,44-25-. The summed E-state index contributed by atoms with van der Waals surface area (Å²) in [5, 5.41) is 13.0. The van der Waals surface area contributed by atoms with Crippen LogP contribution in [0.1, 0.15) is 140 Å². The van der Waals surface area contributed by atoms with Gasteiger partial charge in [-0.3, -0.25) is 0 Å². The molecule has 5 nitrogen and oxygen atoms in total. The van der Waals surface area contributed by atoms with Crippen LogP contribution in [-0.4, -0.2) is 17.8 Å². The van der Waals surface area contributed by atoms with Crippen molar-refractivity contribution in [2.75, 3.05) is 6.61 Å². The van der Waals surface area contributed by atoms with Crippen molar-refractivity contribution < 1.29 is 13.5 Å². The van der Waals surface area contributed by atoms with Crippen LogP contribution in [0.3, 0.4) is 0 Å². The Kier molecular flexibility index (Phi) is 17.2. The molecule has 2 aromatic rings. The van der Waals surface area contributed by atoms with Gasteiger partial charge in [-0.15, -0.1) is 0 Å². The number of hydrogen-bond donors (Lipinski definition) is 1. The van der Waals surface area contributed by atoms with E-state index < -0.39 is 17.7 Å². The first-order chi connectivity index (χ1) is 22.5. The molecule has 2 rings (SSSR count). The Labute approximate surface area is 286 Å². The second-order valence-electron chi connectivity index (χ2n) is 11.8. The zero-order valence-corrected chi connectivity index (χ0v) is 29.9. The molecular weight excluding hydrogens is 614 g/mol. The summed E-state index contributed by atoms with van der Waals surface area (Å²) in [6.45, 7) is 18.1. The van der Waals surface area contributed by atoms with Gasteiger partial charge in [-0.05, 0) is 87.4 Å². The van der Waals surface area contributed by atoms with E-state index in [1.54, 1.807) is 33.1 Å². The van der Waals surface area contributed by atoms with Crippen molar-refractivity contribution in [2.45, 2.75) is 112 Å². The molecule has 2 atom stereocenters. The van der Waals surface area contributed by atoms with Crippen molar-refractivity contribution in [3.8, 4) is 6.07 Å². The quantitative estimate of drug-likeness (QED) is 0.0702. The van der Waals surface area contributed by atoms with Crippen LogP contribution in [0.5, 0.6) is 0 Å². The first-order valence-electron chi connectivity index (χ1n) is 16.8. The predicted octanol–water partition coefficient (Wildman–Crippen LogP) is 11.7. The molecule has 0 saturated heterocycles. The normalized spacial score (nSPS) is 14.1. The predicted molar refractivity (Wildman–Crippen MR) is 193 cm³/mol. The van der Waals surface area contributed by atoms with E-state index in [1.165, 1.54) is 49.9 Å². The molecule has 2 unspecified atom stereocenters. The molecule has 1 heterocycles. The maximum atomic E-state index is 15.9. The van der Waals surface area contributed by atoms with Crippen molar-refractivity contribution in [1.82, 2.24) is 10.3 Å². The summed E-state index contributed by atoms with van der Waals surface area (Å²) < 4.78 is 36.8. The van der Waals surface area contributed by atoms with Gasteiger partial charge in [0.15, 0.2) is 0 Å². The van der Waals surface area contributed by atoms with Gasteiger partial charge in [0.05, 0.1) is 40.7 Å². The largest absolute Gasteiger partial charge is 0.478 e. The van der Waals surface area contributed by atoms with Crippen LogP contribution in [-0.2, 0) is 4.74 Å². The van der Waals surface area contributed by atoms with Gasteiger partial charge in [-0.25, -0.2) is 18.8 Å². The molecule has 0 aliphatic heterocycles. The number of hydrogen-bond acceptors (Lipinski definition) is 5. The van der Waals surface area contributed by atoms with E-state index in [0.29, 0.717) is 46.2 Å². The number of aromatic nitrogens is 1. The second kappa shape index (κ2) is 20.5. The molecular formula is C39H51ClF2N4O. The summed E-state index contributed by atoms with van der Waals surface area (Å²) >= 11 is 6.88. The third kappa shape index (κ3) is 11.8. The highest BCUT2D eigenvalue weighted by Gasteiger charge is 2.24. The van der Waals surface area contributed by atoms with Gasteiger partial charge in [0.2, 0.25) is 5.88 Å². The number of halogens is 3. The zero-order valence-electron chi connectivity index (χ0n) is 29.2. The number of nitrogens with zero attached hydrogens (tertiary/aromatic N) is 3. The second-order valence-corrected chi connectivity index (χ2v) is 12.2. The lowest BCUT2D eigenvalue weighted by Gasteiger charge is -2.24. The average Bonchev–Trinajstić information content (AvgIpc) is 3.06. The Hall–Kier alpha value is -3.76. The Morgan fingerprint density at radius 3 is 2.38 bits per heavy atom.